The second kappa shape index (κ2) is 7.49. The molecule has 2 aromatic carbocycles. The van der Waals surface area contributed by atoms with Gasteiger partial charge in [0.15, 0.2) is 0 Å². The van der Waals surface area contributed by atoms with E-state index in [2.05, 4.69) is 11.9 Å². The number of carboxylic acid groups (broad SMARTS) is 1. The first-order chi connectivity index (χ1) is 14.2. The molecule has 3 aromatic rings. The number of carbonyl (C=O) groups is 1. The van der Waals surface area contributed by atoms with Crippen molar-refractivity contribution in [1.29, 1.82) is 0 Å². The highest BCUT2D eigenvalue weighted by Gasteiger charge is 2.33. The highest BCUT2D eigenvalue weighted by Crippen LogP contribution is 2.36. The summed E-state index contributed by atoms with van der Waals surface area (Å²) in [4.78, 5) is 11.7. The zero-order valence-corrected chi connectivity index (χ0v) is 17.9. The van der Waals surface area contributed by atoms with Crippen molar-refractivity contribution in [3.63, 3.8) is 0 Å². The van der Waals surface area contributed by atoms with Gasteiger partial charge >= 0.3 is 5.97 Å². The Kier molecular flexibility index (Phi) is 5.11. The molecule has 0 radical (unpaired) electrons. The lowest BCUT2D eigenvalue weighted by molar-refractivity contribution is -0.138. The number of nitrogens with one attached hydrogen (secondary N) is 1. The summed E-state index contributed by atoms with van der Waals surface area (Å²) in [6.07, 6.45) is 2.20. The van der Waals surface area contributed by atoms with Gasteiger partial charge in [-0.05, 0) is 54.8 Å². The quantitative estimate of drug-likeness (QED) is 0.544. The van der Waals surface area contributed by atoms with Gasteiger partial charge in [0.1, 0.15) is 5.25 Å². The van der Waals surface area contributed by atoms with Crippen molar-refractivity contribution >= 4 is 44.2 Å². The predicted octanol–water partition coefficient (Wildman–Crippen LogP) is 4.56. The molecule has 1 aliphatic rings. The van der Waals surface area contributed by atoms with E-state index < -0.39 is 27.2 Å². The van der Waals surface area contributed by atoms with E-state index in [0.717, 1.165) is 28.2 Å². The molecule has 2 N–H and O–H groups in total. The van der Waals surface area contributed by atoms with Gasteiger partial charge in [-0.3, -0.25) is 4.79 Å². The van der Waals surface area contributed by atoms with Crippen LogP contribution >= 0.6 is 11.6 Å². The molecule has 2 atom stereocenters. The Morgan fingerprint density at radius 2 is 2.03 bits per heavy atom. The number of nitrogens with zero attached hydrogens (tertiary/aromatic N) is 1. The minimum absolute atomic E-state index is 0.175. The normalized spacial score (nSPS) is 15.4. The van der Waals surface area contributed by atoms with Gasteiger partial charge in [-0.1, -0.05) is 29.8 Å². The fourth-order valence-electron chi connectivity index (χ4n) is 3.94. The molecule has 0 amide bonds. The smallest absolute Gasteiger partial charge is 0.312 e. The average Bonchev–Trinajstić information content (AvgIpc) is 3.31. The van der Waals surface area contributed by atoms with Gasteiger partial charge in [0, 0.05) is 28.3 Å². The molecule has 1 aromatic heterocycles. The third-order valence-electron chi connectivity index (χ3n) is 5.52. The Bertz CT molecular complexity index is 1280. The molecule has 0 saturated carbocycles. The second-order valence-electron chi connectivity index (χ2n) is 7.39. The zero-order chi connectivity index (χ0) is 21.6. The van der Waals surface area contributed by atoms with Crippen LogP contribution < -0.4 is 5.32 Å². The van der Waals surface area contributed by atoms with Crippen LogP contribution in [0.2, 0.25) is 5.02 Å². The number of aliphatic carboxylic acids is 1. The van der Waals surface area contributed by atoms with Gasteiger partial charge in [-0.15, -0.1) is 6.58 Å². The van der Waals surface area contributed by atoms with Crippen molar-refractivity contribution in [3.8, 4) is 0 Å². The van der Waals surface area contributed by atoms with Crippen LogP contribution in [0.15, 0.2) is 55.1 Å². The summed E-state index contributed by atoms with van der Waals surface area (Å²) in [6, 6.07) is 11.9. The van der Waals surface area contributed by atoms with Crippen LogP contribution in [0.1, 0.15) is 34.9 Å². The molecule has 8 heteroatoms. The first-order valence-electron chi connectivity index (χ1n) is 9.51. The first-order valence-corrected chi connectivity index (χ1v) is 11.4. The number of fused-ring (bicyclic) bond motifs is 2. The lowest BCUT2D eigenvalue weighted by Crippen LogP contribution is -2.24. The van der Waals surface area contributed by atoms with Crippen LogP contribution in [0, 0.1) is 0 Å². The average molecular weight is 445 g/mol. The fraction of sp³-hybridized carbons (Fsp3) is 0.227. The van der Waals surface area contributed by atoms with Crippen molar-refractivity contribution in [2.75, 3.05) is 11.9 Å². The van der Waals surface area contributed by atoms with Crippen molar-refractivity contribution in [2.45, 2.75) is 24.5 Å². The SMILES string of the molecule is C=CC(c1ccc2c(c1)CCN2)S(=O)(=O)n1c(C(C)C(=O)O)cc2cc(Cl)ccc21. The molecule has 156 valence electrons. The summed E-state index contributed by atoms with van der Waals surface area (Å²) in [5, 5.41) is 12.8. The maximum absolute atomic E-state index is 13.8. The summed E-state index contributed by atoms with van der Waals surface area (Å²) in [6.45, 7) is 6.04. The standard InChI is InChI=1S/C22H21ClN2O4S/c1-3-21(15-4-6-18-14(10-15)8-9-24-18)30(28,29)25-19-7-5-17(23)11-16(19)12-20(25)13(2)22(26)27/h3-7,10-13,21,24H,1,8-9H2,2H3,(H,26,27). The number of hydrogen-bond acceptors (Lipinski definition) is 4. The van der Waals surface area contributed by atoms with Gasteiger partial charge in [0.2, 0.25) is 10.0 Å². The summed E-state index contributed by atoms with van der Waals surface area (Å²) >= 11 is 6.08. The van der Waals surface area contributed by atoms with Crippen molar-refractivity contribution in [3.05, 3.63) is 77.0 Å². The summed E-state index contributed by atoms with van der Waals surface area (Å²) in [7, 11) is -4.06. The Balaban J connectivity index is 1.93. The molecule has 0 bridgehead atoms. The van der Waals surface area contributed by atoms with E-state index in [9.17, 15) is 18.3 Å². The molecule has 2 heterocycles. The molecule has 2 unspecified atom stereocenters. The Morgan fingerprint density at radius 3 is 2.73 bits per heavy atom. The third kappa shape index (κ3) is 3.28. The Hall–Kier alpha value is -2.77. The fourth-order valence-corrected chi connectivity index (χ4v) is 6.03. The van der Waals surface area contributed by atoms with Crippen LogP contribution in [0.5, 0.6) is 0 Å². The highest BCUT2D eigenvalue weighted by molar-refractivity contribution is 7.90. The van der Waals surface area contributed by atoms with Gasteiger partial charge < -0.3 is 10.4 Å². The van der Waals surface area contributed by atoms with E-state index in [4.69, 9.17) is 11.6 Å². The molecule has 0 saturated heterocycles. The van der Waals surface area contributed by atoms with Gasteiger partial charge in [0.05, 0.1) is 11.4 Å². The molecule has 6 nitrogen and oxygen atoms in total. The van der Waals surface area contributed by atoms with E-state index in [1.165, 1.54) is 13.0 Å². The predicted molar refractivity (Wildman–Crippen MR) is 119 cm³/mol. The van der Waals surface area contributed by atoms with Gasteiger partial charge in [-0.2, -0.15) is 0 Å². The van der Waals surface area contributed by atoms with Crippen LogP contribution in [0.25, 0.3) is 10.9 Å². The summed E-state index contributed by atoms with van der Waals surface area (Å²) in [5.74, 6) is -2.14. The first kappa shape index (κ1) is 20.5. The van der Waals surface area contributed by atoms with E-state index in [0.29, 0.717) is 21.5 Å². The molecular formula is C22H21ClN2O4S. The number of halogens is 1. The number of carboxylic acids is 1. The number of anilines is 1. The number of aromatic nitrogens is 1. The molecule has 30 heavy (non-hydrogen) atoms. The van der Waals surface area contributed by atoms with E-state index >= 15 is 0 Å². The Labute approximate surface area is 179 Å². The third-order valence-corrected chi connectivity index (χ3v) is 7.78. The lowest BCUT2D eigenvalue weighted by atomic mass is 10.1. The van der Waals surface area contributed by atoms with Crippen molar-refractivity contribution < 1.29 is 18.3 Å². The molecule has 0 fully saturated rings. The maximum Gasteiger partial charge on any atom is 0.312 e. The minimum Gasteiger partial charge on any atom is -0.481 e. The largest absolute Gasteiger partial charge is 0.481 e. The van der Waals surface area contributed by atoms with Gasteiger partial charge in [-0.25, -0.2) is 12.4 Å². The molecular weight excluding hydrogens is 424 g/mol. The molecule has 0 aliphatic carbocycles. The Morgan fingerprint density at radius 1 is 1.27 bits per heavy atom. The lowest BCUT2D eigenvalue weighted by Gasteiger charge is -2.20. The van der Waals surface area contributed by atoms with Crippen LogP contribution in [0.4, 0.5) is 5.69 Å². The number of benzene rings is 2. The summed E-state index contributed by atoms with van der Waals surface area (Å²) in [5.41, 5.74) is 3.21. The van der Waals surface area contributed by atoms with Crippen LogP contribution in [0.3, 0.4) is 0 Å². The van der Waals surface area contributed by atoms with Crippen molar-refractivity contribution in [2.24, 2.45) is 0 Å². The van der Waals surface area contributed by atoms with E-state index in [-0.39, 0.29) is 5.69 Å². The van der Waals surface area contributed by atoms with Crippen molar-refractivity contribution in [1.82, 2.24) is 3.97 Å². The minimum atomic E-state index is -4.06. The molecule has 1 aliphatic heterocycles. The monoisotopic (exact) mass is 444 g/mol. The van der Waals surface area contributed by atoms with E-state index in [1.54, 1.807) is 30.3 Å². The topological polar surface area (TPSA) is 88.4 Å². The zero-order valence-electron chi connectivity index (χ0n) is 16.3. The van der Waals surface area contributed by atoms with Gasteiger partial charge in [0.25, 0.3) is 0 Å². The maximum atomic E-state index is 13.8. The molecule has 4 rings (SSSR count). The number of rotatable bonds is 6. The van der Waals surface area contributed by atoms with Crippen LogP contribution in [-0.4, -0.2) is 30.0 Å². The second-order valence-corrected chi connectivity index (χ2v) is 9.73. The van der Waals surface area contributed by atoms with E-state index in [1.807, 2.05) is 12.1 Å². The van der Waals surface area contributed by atoms with Crippen LogP contribution in [-0.2, 0) is 21.2 Å². The number of hydrogen-bond donors (Lipinski definition) is 2. The summed E-state index contributed by atoms with van der Waals surface area (Å²) < 4.78 is 28.8. The highest BCUT2D eigenvalue weighted by atomic mass is 35.5. The molecule has 0 spiro atoms.